The smallest absolute Gasteiger partial charge is 1.00 e. The molecule has 2 aliphatic carbocycles. The Morgan fingerprint density at radius 2 is 0.844 bits per heavy atom. The van der Waals surface area contributed by atoms with Gasteiger partial charge in [-0.05, 0) is 41.5 Å². The molecule has 45 heavy (non-hydrogen) atoms. The minimum Gasteiger partial charge on any atom is -1.00 e. The number of hydrogen-bond acceptors (Lipinski definition) is 0. The minimum absolute atomic E-state index is 0. The van der Waals surface area contributed by atoms with Crippen LogP contribution in [0.1, 0.15) is 98.9 Å². The monoisotopic (exact) mass is 781 g/mol. The zero-order valence-corrected chi connectivity index (χ0v) is 35.8. The van der Waals surface area contributed by atoms with Crippen LogP contribution in [-0.4, -0.2) is 22.5 Å². The molecule has 4 rings (SSSR count). The number of rotatable bonds is 2. The summed E-state index contributed by atoms with van der Waals surface area (Å²) in [5.74, 6) is 0. The van der Waals surface area contributed by atoms with Gasteiger partial charge in [-0.1, -0.05) is 88.1 Å². The van der Waals surface area contributed by atoms with Gasteiger partial charge >= 0.3 is 21.7 Å². The van der Waals surface area contributed by atoms with Gasteiger partial charge in [0.25, 0.3) is 0 Å². The van der Waals surface area contributed by atoms with Gasteiger partial charge < -0.3 is 62.0 Å². The summed E-state index contributed by atoms with van der Waals surface area (Å²) >= 11 is 0. The van der Waals surface area contributed by atoms with Crippen molar-refractivity contribution in [3.8, 4) is 0 Å². The molecule has 0 radical (unpaired) electrons. The molecule has 0 unspecified atom stereocenters. The van der Waals surface area contributed by atoms with Gasteiger partial charge in [0.2, 0.25) is 0 Å². The predicted molar refractivity (Wildman–Crippen MR) is 167 cm³/mol. The molecule has 2 aliphatic rings. The van der Waals surface area contributed by atoms with Crippen LogP contribution in [0.3, 0.4) is 0 Å². The maximum atomic E-state index is 3.67. The molecule has 2 aromatic rings. The van der Waals surface area contributed by atoms with Gasteiger partial charge in [-0.25, -0.2) is 0 Å². The molecule has 2 N–H and O–H groups in total. The maximum absolute atomic E-state index is 3.67. The van der Waals surface area contributed by atoms with Crippen LogP contribution in [-0.2, 0) is 43.4 Å². The van der Waals surface area contributed by atoms with Gasteiger partial charge in [-0.15, -0.1) is 57.7 Å². The standard InChI is InChI=1S/2C18H24N.5ClH.2Ti/c2*1-12-11-13(2)17(14(12)3)15-9-7-8-10-16(15)19-18(4,5)6;;;;;;;/h2*7-9,11H,10H2,1-6H3;5*1H;;/q2*-1;;;;;;;+4/p-3. The first-order valence-corrected chi connectivity index (χ1v) is 14.1. The minimum atomic E-state index is 0. The van der Waals surface area contributed by atoms with Crippen LogP contribution in [0.25, 0.3) is 11.1 Å². The molecule has 0 amide bonds. The van der Waals surface area contributed by atoms with Crippen molar-refractivity contribution >= 4 is 22.6 Å². The fourth-order valence-corrected chi connectivity index (χ4v) is 5.56. The summed E-state index contributed by atoms with van der Waals surface area (Å²) in [6.45, 7) is 26.6. The van der Waals surface area contributed by atoms with Crippen LogP contribution < -0.4 is 72.0 Å². The zero-order chi connectivity index (χ0) is 28.4. The number of aryl methyl sites for hydroxylation is 4. The first kappa shape index (κ1) is 54.3. The van der Waals surface area contributed by atoms with E-state index in [1.165, 1.54) is 67.1 Å². The summed E-state index contributed by atoms with van der Waals surface area (Å²) in [5, 5.41) is 0. The van der Waals surface area contributed by atoms with E-state index >= 15 is 0 Å². The zero-order valence-electron chi connectivity index (χ0n) is 28.9. The van der Waals surface area contributed by atoms with Crippen LogP contribution in [0.5, 0.6) is 0 Å². The molecule has 0 bridgehead atoms. The molecule has 0 aliphatic heterocycles. The Hall–Kier alpha value is -0.121. The molecule has 0 heterocycles. The normalized spacial score (nSPS) is 15.2. The predicted octanol–water partition coefficient (Wildman–Crippen LogP) is -9.00. The molecule has 2 nitrogen and oxygen atoms in total. The summed E-state index contributed by atoms with van der Waals surface area (Å²) < 4.78 is 0. The summed E-state index contributed by atoms with van der Waals surface area (Å²) in [6.07, 6.45) is 15.3. The van der Waals surface area contributed by atoms with Gasteiger partial charge in [-0.2, -0.15) is 0 Å². The van der Waals surface area contributed by atoms with E-state index in [0.717, 1.165) is 12.8 Å². The molecule has 0 saturated carbocycles. The van der Waals surface area contributed by atoms with Crippen molar-refractivity contribution in [1.29, 1.82) is 0 Å². The van der Waals surface area contributed by atoms with E-state index in [1.807, 2.05) is 0 Å². The summed E-state index contributed by atoms with van der Waals surface area (Å²) in [4.78, 5) is 7.33. The van der Waals surface area contributed by atoms with Gasteiger partial charge in [0.05, 0.1) is 0 Å². The number of nitrogens with one attached hydrogen (secondary N) is 2. The Labute approximate surface area is 335 Å². The third-order valence-corrected chi connectivity index (χ3v) is 7.27. The second kappa shape index (κ2) is 22.5. The third-order valence-electron chi connectivity index (χ3n) is 7.27. The Morgan fingerprint density at radius 1 is 0.556 bits per heavy atom. The third kappa shape index (κ3) is 14.9. The van der Waals surface area contributed by atoms with E-state index in [1.54, 1.807) is 0 Å². The van der Waals surface area contributed by atoms with Crippen LogP contribution in [0.2, 0.25) is 0 Å². The van der Waals surface area contributed by atoms with E-state index in [9.17, 15) is 0 Å². The van der Waals surface area contributed by atoms with Crippen molar-refractivity contribution in [1.82, 2.24) is 0 Å². The van der Waals surface area contributed by atoms with E-state index < -0.39 is 0 Å². The maximum Gasteiger partial charge on any atom is 4.00 e. The molecular weight excluding hydrogens is 733 g/mol. The van der Waals surface area contributed by atoms with E-state index in [2.05, 4.69) is 142 Å². The fraction of sp³-hybridized carbons (Fsp3) is 0.444. The Bertz CT molecular complexity index is 1280. The second-order valence-electron chi connectivity index (χ2n) is 13.2. The Kier molecular flexibility index (Phi) is 27.2. The quantitative estimate of drug-likeness (QED) is 0.224. The SMILES string of the molecule is Cc1cc(C)[c-](C2=CC=CCC2=[NH+]C(C)(C)C)c1C.Cc1cc(C)[c-](C2=CC=CCC2=[NH+]C(C)(C)C)c1C.[Cl-].[Cl-].[Cl-].[Cl-].[Cl-].[Ti+4].[Ti]. The summed E-state index contributed by atoms with van der Waals surface area (Å²) in [7, 11) is 0. The Morgan fingerprint density at radius 3 is 1.07 bits per heavy atom. The molecule has 2 aromatic carbocycles. The van der Waals surface area contributed by atoms with Crippen molar-refractivity contribution in [3.05, 3.63) is 93.1 Å². The number of halogens is 5. The molecule has 9 heteroatoms. The van der Waals surface area contributed by atoms with Gasteiger partial charge in [0.1, 0.15) is 22.5 Å². The summed E-state index contributed by atoms with van der Waals surface area (Å²) in [5.41, 5.74) is 16.8. The molecule has 0 aromatic heterocycles. The molecule has 248 valence electrons. The van der Waals surface area contributed by atoms with Crippen molar-refractivity contribution in [2.45, 2.75) is 107 Å². The van der Waals surface area contributed by atoms with Crippen LogP contribution >= 0.6 is 0 Å². The summed E-state index contributed by atoms with van der Waals surface area (Å²) in [6, 6.07) is 4.58. The van der Waals surface area contributed by atoms with Gasteiger partial charge in [-0.3, -0.25) is 9.98 Å². The molecule has 0 fully saturated rings. The molecular formula is C36H50Cl5N2Ti2-. The Balaban J connectivity index is -0.000000205. The number of allylic oxidation sites excluding steroid dienone is 8. The van der Waals surface area contributed by atoms with Crippen LogP contribution in [0.4, 0.5) is 0 Å². The largest absolute Gasteiger partial charge is 4.00 e. The van der Waals surface area contributed by atoms with E-state index in [-0.39, 0.29) is 117 Å². The van der Waals surface area contributed by atoms with Crippen LogP contribution in [0.15, 0.2) is 48.6 Å². The van der Waals surface area contributed by atoms with E-state index in [4.69, 9.17) is 0 Å². The van der Waals surface area contributed by atoms with Crippen molar-refractivity contribution in [3.63, 3.8) is 0 Å². The molecule has 0 spiro atoms. The number of hydrogen-bond donors (Lipinski definition) is 2. The average molecular weight is 784 g/mol. The second-order valence-corrected chi connectivity index (χ2v) is 13.2. The van der Waals surface area contributed by atoms with E-state index in [0.29, 0.717) is 0 Å². The van der Waals surface area contributed by atoms with Crippen LogP contribution in [0, 0.1) is 41.5 Å². The molecule has 0 saturated heterocycles. The molecule has 0 atom stereocenters. The topological polar surface area (TPSA) is 27.9 Å². The first-order chi connectivity index (χ1) is 17.6. The van der Waals surface area contributed by atoms with Gasteiger partial charge in [0, 0.05) is 34.6 Å². The first-order valence-electron chi connectivity index (χ1n) is 14.1. The van der Waals surface area contributed by atoms with Crippen molar-refractivity contribution in [2.24, 2.45) is 0 Å². The fourth-order valence-electron chi connectivity index (χ4n) is 5.56. The van der Waals surface area contributed by atoms with Crippen molar-refractivity contribution in [2.75, 3.05) is 0 Å². The average Bonchev–Trinajstić information content (AvgIpc) is 3.19. The van der Waals surface area contributed by atoms with Gasteiger partial charge in [0.15, 0.2) is 0 Å². The van der Waals surface area contributed by atoms with Crippen molar-refractivity contribution < 1.29 is 115 Å².